The van der Waals surface area contributed by atoms with Gasteiger partial charge >= 0.3 is 5.97 Å². The van der Waals surface area contributed by atoms with E-state index < -0.39 is 5.54 Å². The zero-order valence-electron chi connectivity index (χ0n) is 14.1. The number of rotatable bonds is 3. The highest BCUT2D eigenvalue weighted by Gasteiger charge is 2.50. The lowest BCUT2D eigenvalue weighted by Crippen LogP contribution is -2.65. The van der Waals surface area contributed by atoms with Gasteiger partial charge in [-0.15, -0.1) is 0 Å². The van der Waals surface area contributed by atoms with Gasteiger partial charge in [-0.2, -0.15) is 0 Å². The van der Waals surface area contributed by atoms with Crippen molar-refractivity contribution in [2.24, 2.45) is 0 Å². The van der Waals surface area contributed by atoms with Gasteiger partial charge in [-0.05, 0) is 43.4 Å². The highest BCUT2D eigenvalue weighted by Crippen LogP contribution is 2.33. The fourth-order valence-electron chi connectivity index (χ4n) is 2.65. The first-order valence-corrected chi connectivity index (χ1v) is 7.80. The monoisotopic (exact) mass is 303 g/mol. The smallest absolute Gasteiger partial charge is 0.331 e. The molecular weight excluding hydrogens is 278 g/mol. The SMILES string of the molecule is CCOC(=O)C1(C)CCN1C(=O)c1ccc(C(C)(C)C)cc1. The zero-order chi connectivity index (χ0) is 16.5. The molecule has 1 saturated heterocycles. The molecule has 1 amide bonds. The molecule has 0 aliphatic carbocycles. The molecular formula is C18H25NO3. The molecule has 0 aromatic heterocycles. The molecule has 0 spiro atoms. The third-order valence-corrected chi connectivity index (χ3v) is 4.38. The minimum Gasteiger partial charge on any atom is -0.464 e. The van der Waals surface area contributed by atoms with E-state index in [9.17, 15) is 9.59 Å². The molecule has 4 heteroatoms. The Labute approximate surface area is 132 Å². The predicted molar refractivity (Wildman–Crippen MR) is 85.8 cm³/mol. The molecule has 0 saturated carbocycles. The van der Waals surface area contributed by atoms with E-state index in [1.165, 1.54) is 5.56 Å². The van der Waals surface area contributed by atoms with Crippen LogP contribution in [0.1, 0.15) is 57.0 Å². The zero-order valence-corrected chi connectivity index (χ0v) is 14.1. The van der Waals surface area contributed by atoms with Gasteiger partial charge in [-0.1, -0.05) is 32.9 Å². The highest BCUT2D eigenvalue weighted by atomic mass is 16.5. The number of likely N-dealkylation sites (tertiary alicyclic amines) is 1. The molecule has 1 atom stereocenters. The third-order valence-electron chi connectivity index (χ3n) is 4.38. The van der Waals surface area contributed by atoms with Crippen molar-refractivity contribution in [1.29, 1.82) is 0 Å². The third kappa shape index (κ3) is 2.87. The minimum atomic E-state index is -0.824. The Morgan fingerprint density at radius 2 is 1.82 bits per heavy atom. The maximum absolute atomic E-state index is 12.6. The molecule has 1 aromatic rings. The number of amides is 1. The lowest BCUT2D eigenvalue weighted by molar-refractivity contribution is -0.162. The predicted octanol–water partition coefficient (Wildman–Crippen LogP) is 3.15. The second kappa shape index (κ2) is 5.75. The van der Waals surface area contributed by atoms with Crippen LogP contribution in [-0.4, -0.2) is 35.5 Å². The normalized spacial score (nSPS) is 21.2. The van der Waals surface area contributed by atoms with Crippen LogP contribution >= 0.6 is 0 Å². The summed E-state index contributed by atoms with van der Waals surface area (Å²) in [7, 11) is 0. The number of nitrogens with zero attached hydrogens (tertiary/aromatic N) is 1. The van der Waals surface area contributed by atoms with Crippen molar-refractivity contribution in [2.75, 3.05) is 13.2 Å². The fourth-order valence-corrected chi connectivity index (χ4v) is 2.65. The van der Waals surface area contributed by atoms with Crippen molar-refractivity contribution in [3.05, 3.63) is 35.4 Å². The molecule has 0 bridgehead atoms. The summed E-state index contributed by atoms with van der Waals surface area (Å²) in [5, 5.41) is 0. The van der Waals surface area contributed by atoms with Crippen LogP contribution in [0.2, 0.25) is 0 Å². The van der Waals surface area contributed by atoms with Gasteiger partial charge in [0.05, 0.1) is 6.61 Å². The van der Waals surface area contributed by atoms with Crippen LogP contribution in [0.25, 0.3) is 0 Å². The summed E-state index contributed by atoms with van der Waals surface area (Å²) in [5.41, 5.74) is 1.03. The average Bonchev–Trinajstić information content (AvgIpc) is 2.44. The molecule has 120 valence electrons. The molecule has 22 heavy (non-hydrogen) atoms. The molecule has 1 unspecified atom stereocenters. The van der Waals surface area contributed by atoms with Gasteiger partial charge in [0.2, 0.25) is 0 Å². The quantitative estimate of drug-likeness (QED) is 0.806. The Balaban J connectivity index is 2.17. The Hall–Kier alpha value is -1.84. The van der Waals surface area contributed by atoms with Crippen LogP contribution < -0.4 is 0 Å². The summed E-state index contributed by atoms with van der Waals surface area (Å²) in [4.78, 5) is 26.3. The van der Waals surface area contributed by atoms with Crippen LogP contribution in [0.5, 0.6) is 0 Å². The molecule has 1 fully saturated rings. The van der Waals surface area contributed by atoms with Crippen molar-refractivity contribution in [1.82, 2.24) is 4.90 Å². The maximum atomic E-state index is 12.6. The summed E-state index contributed by atoms with van der Waals surface area (Å²) in [6.45, 7) is 10.9. The molecule has 4 nitrogen and oxygen atoms in total. The lowest BCUT2D eigenvalue weighted by atomic mass is 9.84. The summed E-state index contributed by atoms with van der Waals surface area (Å²) in [6.07, 6.45) is 0.650. The van der Waals surface area contributed by atoms with E-state index in [-0.39, 0.29) is 17.3 Å². The van der Waals surface area contributed by atoms with Crippen LogP contribution in [0.3, 0.4) is 0 Å². The summed E-state index contributed by atoms with van der Waals surface area (Å²) in [6, 6.07) is 7.64. The van der Waals surface area contributed by atoms with Crippen molar-refractivity contribution in [2.45, 2.75) is 52.0 Å². The number of ether oxygens (including phenoxy) is 1. The van der Waals surface area contributed by atoms with E-state index in [0.717, 1.165) is 0 Å². The van der Waals surface area contributed by atoms with Crippen LogP contribution in [0.4, 0.5) is 0 Å². The number of hydrogen-bond donors (Lipinski definition) is 0. The highest BCUT2D eigenvalue weighted by molar-refractivity contribution is 5.99. The fraction of sp³-hybridized carbons (Fsp3) is 0.556. The molecule has 1 heterocycles. The number of carbonyl (C=O) groups is 2. The Morgan fingerprint density at radius 3 is 2.23 bits per heavy atom. The van der Waals surface area contributed by atoms with E-state index in [1.807, 2.05) is 24.3 Å². The maximum Gasteiger partial charge on any atom is 0.331 e. The molecule has 1 aliphatic rings. The molecule has 0 N–H and O–H groups in total. The van der Waals surface area contributed by atoms with Gasteiger partial charge in [0.1, 0.15) is 5.54 Å². The molecule has 1 aliphatic heterocycles. The van der Waals surface area contributed by atoms with Gasteiger partial charge < -0.3 is 9.64 Å². The number of benzene rings is 1. The van der Waals surface area contributed by atoms with Crippen molar-refractivity contribution in [3.8, 4) is 0 Å². The number of carbonyl (C=O) groups excluding carboxylic acids is 2. The van der Waals surface area contributed by atoms with Gasteiger partial charge in [-0.25, -0.2) is 4.79 Å². The Morgan fingerprint density at radius 1 is 1.23 bits per heavy atom. The van der Waals surface area contributed by atoms with Crippen LogP contribution in [0, 0.1) is 0 Å². The van der Waals surface area contributed by atoms with Crippen molar-refractivity contribution < 1.29 is 14.3 Å². The standard InChI is InChI=1S/C18H25NO3/c1-6-22-16(21)18(5)11-12-19(18)15(20)13-7-9-14(10-8-13)17(2,3)4/h7-10H,6,11-12H2,1-5H3. The topological polar surface area (TPSA) is 46.6 Å². The summed E-state index contributed by atoms with van der Waals surface area (Å²) in [5.74, 6) is -0.428. The molecule has 2 rings (SSSR count). The first-order valence-electron chi connectivity index (χ1n) is 7.80. The number of hydrogen-bond acceptors (Lipinski definition) is 3. The Kier molecular flexibility index (Phi) is 4.32. The largest absolute Gasteiger partial charge is 0.464 e. The summed E-state index contributed by atoms with van der Waals surface area (Å²) >= 11 is 0. The summed E-state index contributed by atoms with van der Waals surface area (Å²) < 4.78 is 5.10. The first kappa shape index (κ1) is 16.5. The lowest BCUT2D eigenvalue weighted by Gasteiger charge is -2.48. The van der Waals surface area contributed by atoms with E-state index in [1.54, 1.807) is 18.7 Å². The van der Waals surface area contributed by atoms with Gasteiger partial charge in [-0.3, -0.25) is 4.79 Å². The van der Waals surface area contributed by atoms with Gasteiger partial charge in [0.25, 0.3) is 5.91 Å². The molecule has 1 aromatic carbocycles. The molecule has 0 radical (unpaired) electrons. The van der Waals surface area contributed by atoms with E-state index in [0.29, 0.717) is 25.1 Å². The van der Waals surface area contributed by atoms with E-state index in [4.69, 9.17) is 4.74 Å². The van der Waals surface area contributed by atoms with E-state index in [2.05, 4.69) is 20.8 Å². The Bertz CT molecular complexity index is 571. The second-order valence-corrected chi connectivity index (χ2v) is 7.03. The van der Waals surface area contributed by atoms with Gasteiger partial charge in [0.15, 0.2) is 0 Å². The first-order chi connectivity index (χ1) is 10.2. The van der Waals surface area contributed by atoms with Gasteiger partial charge in [0, 0.05) is 12.1 Å². The van der Waals surface area contributed by atoms with E-state index >= 15 is 0 Å². The van der Waals surface area contributed by atoms with Crippen molar-refractivity contribution in [3.63, 3.8) is 0 Å². The van der Waals surface area contributed by atoms with Crippen molar-refractivity contribution >= 4 is 11.9 Å². The van der Waals surface area contributed by atoms with Crippen LogP contribution in [-0.2, 0) is 14.9 Å². The number of esters is 1. The minimum absolute atomic E-state index is 0.0534. The average molecular weight is 303 g/mol. The second-order valence-electron chi connectivity index (χ2n) is 7.03. The van der Waals surface area contributed by atoms with Crippen LogP contribution in [0.15, 0.2) is 24.3 Å².